The van der Waals surface area contributed by atoms with Gasteiger partial charge in [0, 0.05) is 25.8 Å². The molecule has 0 spiro atoms. The molecule has 7 heteroatoms. The summed E-state index contributed by atoms with van der Waals surface area (Å²) in [5.74, 6) is 1.23. The van der Waals surface area contributed by atoms with E-state index in [4.69, 9.17) is 9.26 Å². The van der Waals surface area contributed by atoms with Gasteiger partial charge in [0.1, 0.15) is 5.76 Å². The van der Waals surface area contributed by atoms with E-state index in [2.05, 4.69) is 17.2 Å². The summed E-state index contributed by atoms with van der Waals surface area (Å²) < 4.78 is 13.0. The number of hydrogen-bond acceptors (Lipinski definition) is 5. The number of carbonyl (C=O) groups is 1. The van der Waals surface area contributed by atoms with Crippen molar-refractivity contribution in [3.05, 3.63) is 35.0 Å². The fourth-order valence-corrected chi connectivity index (χ4v) is 3.47. The van der Waals surface area contributed by atoms with Crippen molar-refractivity contribution in [2.45, 2.75) is 45.7 Å². The second-order valence-corrected chi connectivity index (χ2v) is 6.94. The average molecular weight is 344 g/mol. The molecule has 1 fully saturated rings. The third-order valence-corrected chi connectivity index (χ3v) is 5.01. The number of nitrogens with zero attached hydrogens (tertiary/aromatic N) is 4. The maximum Gasteiger partial charge on any atom is 0.276 e. The van der Waals surface area contributed by atoms with Gasteiger partial charge in [-0.1, -0.05) is 5.16 Å². The predicted molar refractivity (Wildman–Crippen MR) is 90.2 cm³/mol. The van der Waals surface area contributed by atoms with E-state index in [1.54, 1.807) is 13.0 Å². The SMILES string of the molecule is CCn1ncc2c1[C@@H](COCC1CC1)N(C(=O)c1cc(C)on1)CC2. The largest absolute Gasteiger partial charge is 0.379 e. The van der Waals surface area contributed by atoms with Crippen LogP contribution in [0.15, 0.2) is 16.8 Å². The van der Waals surface area contributed by atoms with Crippen LogP contribution >= 0.6 is 0 Å². The number of amides is 1. The van der Waals surface area contributed by atoms with Crippen LogP contribution in [0.2, 0.25) is 0 Å². The van der Waals surface area contributed by atoms with Gasteiger partial charge in [0.05, 0.1) is 24.5 Å². The molecule has 3 heterocycles. The van der Waals surface area contributed by atoms with Gasteiger partial charge in [-0.15, -0.1) is 0 Å². The topological polar surface area (TPSA) is 73.4 Å². The summed E-state index contributed by atoms with van der Waals surface area (Å²) in [5.41, 5.74) is 2.66. The van der Waals surface area contributed by atoms with Crippen LogP contribution in [0.5, 0.6) is 0 Å². The molecule has 0 radical (unpaired) electrons. The Bertz CT molecular complexity index is 749. The van der Waals surface area contributed by atoms with Crippen LogP contribution in [0.1, 0.15) is 53.3 Å². The molecule has 4 rings (SSSR count). The zero-order valence-electron chi connectivity index (χ0n) is 14.8. The van der Waals surface area contributed by atoms with Gasteiger partial charge >= 0.3 is 0 Å². The van der Waals surface area contributed by atoms with E-state index < -0.39 is 0 Å². The Morgan fingerprint density at radius 1 is 1.40 bits per heavy atom. The maximum atomic E-state index is 13.0. The van der Waals surface area contributed by atoms with E-state index in [0.29, 0.717) is 30.5 Å². The Hall–Kier alpha value is -2.15. The van der Waals surface area contributed by atoms with Crippen LogP contribution in [0.4, 0.5) is 0 Å². The van der Waals surface area contributed by atoms with Crippen LogP contribution in [-0.4, -0.2) is 45.5 Å². The third-order valence-electron chi connectivity index (χ3n) is 5.01. The van der Waals surface area contributed by atoms with E-state index in [9.17, 15) is 4.79 Å². The molecule has 1 atom stereocenters. The summed E-state index contributed by atoms with van der Waals surface area (Å²) in [7, 11) is 0. The highest BCUT2D eigenvalue weighted by atomic mass is 16.5. The van der Waals surface area contributed by atoms with Crippen LogP contribution in [0.3, 0.4) is 0 Å². The summed E-state index contributed by atoms with van der Waals surface area (Å²) in [5, 5.41) is 8.38. The average Bonchev–Trinajstić information content (AvgIpc) is 3.17. The molecule has 0 unspecified atom stereocenters. The van der Waals surface area contributed by atoms with Gasteiger partial charge in [-0.05, 0) is 44.6 Å². The molecule has 0 N–H and O–H groups in total. The number of fused-ring (bicyclic) bond motifs is 1. The second kappa shape index (κ2) is 6.63. The van der Waals surface area contributed by atoms with Crippen molar-refractivity contribution in [3.63, 3.8) is 0 Å². The molecule has 0 saturated heterocycles. The van der Waals surface area contributed by atoms with E-state index in [0.717, 1.165) is 25.3 Å². The predicted octanol–water partition coefficient (Wildman–Crippen LogP) is 2.37. The van der Waals surface area contributed by atoms with Gasteiger partial charge in [0.15, 0.2) is 5.69 Å². The first kappa shape index (κ1) is 16.3. The number of aryl methyl sites for hydroxylation is 2. The van der Waals surface area contributed by atoms with Gasteiger partial charge < -0.3 is 14.2 Å². The van der Waals surface area contributed by atoms with Gasteiger partial charge in [-0.2, -0.15) is 5.10 Å². The van der Waals surface area contributed by atoms with Crippen molar-refractivity contribution in [2.75, 3.05) is 19.8 Å². The van der Waals surface area contributed by atoms with Crippen molar-refractivity contribution < 1.29 is 14.1 Å². The number of rotatable bonds is 6. The molecule has 1 aliphatic carbocycles. The maximum absolute atomic E-state index is 13.0. The van der Waals surface area contributed by atoms with Crippen LogP contribution in [0.25, 0.3) is 0 Å². The molecule has 2 aliphatic rings. The minimum Gasteiger partial charge on any atom is -0.379 e. The van der Waals surface area contributed by atoms with Gasteiger partial charge in [0.25, 0.3) is 5.91 Å². The Morgan fingerprint density at radius 3 is 2.92 bits per heavy atom. The fraction of sp³-hybridized carbons (Fsp3) is 0.611. The molecule has 7 nitrogen and oxygen atoms in total. The molecule has 0 bridgehead atoms. The monoisotopic (exact) mass is 344 g/mol. The normalized spacial score (nSPS) is 19.9. The minimum absolute atomic E-state index is 0.105. The lowest BCUT2D eigenvalue weighted by Gasteiger charge is -2.35. The van der Waals surface area contributed by atoms with Crippen molar-refractivity contribution in [1.29, 1.82) is 0 Å². The number of aromatic nitrogens is 3. The lowest BCUT2D eigenvalue weighted by atomic mass is 9.99. The first-order valence-electron chi connectivity index (χ1n) is 9.04. The van der Waals surface area contributed by atoms with E-state index in [1.165, 1.54) is 18.4 Å². The fourth-order valence-electron chi connectivity index (χ4n) is 3.47. The van der Waals surface area contributed by atoms with Crippen LogP contribution in [0, 0.1) is 12.8 Å². The minimum atomic E-state index is -0.130. The molecule has 1 saturated carbocycles. The van der Waals surface area contributed by atoms with Crippen molar-refractivity contribution in [3.8, 4) is 0 Å². The number of hydrogen-bond donors (Lipinski definition) is 0. The lowest BCUT2D eigenvalue weighted by molar-refractivity contribution is 0.0339. The van der Waals surface area contributed by atoms with E-state index in [1.807, 2.05) is 15.8 Å². The highest BCUT2D eigenvalue weighted by molar-refractivity contribution is 5.92. The highest BCUT2D eigenvalue weighted by Gasteiger charge is 2.36. The number of ether oxygens (including phenoxy) is 1. The Balaban J connectivity index is 1.60. The molecule has 2 aromatic heterocycles. The van der Waals surface area contributed by atoms with Gasteiger partial charge in [0.2, 0.25) is 0 Å². The summed E-state index contributed by atoms with van der Waals surface area (Å²) in [6, 6.07) is 1.56. The molecule has 0 aromatic carbocycles. The first-order valence-corrected chi connectivity index (χ1v) is 9.04. The van der Waals surface area contributed by atoms with E-state index in [-0.39, 0.29) is 11.9 Å². The second-order valence-electron chi connectivity index (χ2n) is 6.94. The molecule has 25 heavy (non-hydrogen) atoms. The molecular weight excluding hydrogens is 320 g/mol. The number of carbonyl (C=O) groups excluding carboxylic acids is 1. The van der Waals surface area contributed by atoms with E-state index >= 15 is 0 Å². The summed E-state index contributed by atoms with van der Waals surface area (Å²) in [6.45, 7) is 6.55. The molecule has 2 aromatic rings. The molecular formula is C18H24N4O3. The Labute approximate surface area is 146 Å². The molecule has 1 amide bonds. The van der Waals surface area contributed by atoms with Gasteiger partial charge in [-0.3, -0.25) is 9.48 Å². The summed E-state index contributed by atoms with van der Waals surface area (Å²) in [6.07, 6.45) is 5.24. The zero-order valence-corrected chi connectivity index (χ0v) is 14.8. The van der Waals surface area contributed by atoms with Crippen molar-refractivity contribution >= 4 is 5.91 Å². The third kappa shape index (κ3) is 3.20. The first-order chi connectivity index (χ1) is 12.2. The van der Waals surface area contributed by atoms with Crippen molar-refractivity contribution in [2.24, 2.45) is 5.92 Å². The quantitative estimate of drug-likeness (QED) is 0.804. The highest BCUT2D eigenvalue weighted by Crippen LogP contribution is 2.33. The summed E-state index contributed by atoms with van der Waals surface area (Å²) >= 11 is 0. The zero-order chi connectivity index (χ0) is 17.4. The lowest BCUT2D eigenvalue weighted by Crippen LogP contribution is -2.43. The molecule has 1 aliphatic heterocycles. The van der Waals surface area contributed by atoms with Crippen molar-refractivity contribution in [1.82, 2.24) is 19.8 Å². The van der Waals surface area contributed by atoms with Crippen LogP contribution in [-0.2, 0) is 17.7 Å². The standard InChI is InChI=1S/C18H24N4O3/c1-3-22-17-14(9-19-22)6-7-21(16(17)11-24-10-13-4-5-13)18(23)15-8-12(2)25-20-15/h8-9,13,16H,3-7,10-11H2,1-2H3/t16-/m1/s1. The summed E-state index contributed by atoms with van der Waals surface area (Å²) in [4.78, 5) is 14.8. The van der Waals surface area contributed by atoms with Crippen LogP contribution < -0.4 is 0 Å². The molecule has 134 valence electrons. The Morgan fingerprint density at radius 2 is 2.24 bits per heavy atom. The smallest absolute Gasteiger partial charge is 0.276 e. The van der Waals surface area contributed by atoms with Gasteiger partial charge in [-0.25, -0.2) is 0 Å². The Kier molecular flexibility index (Phi) is 4.33.